The Balaban J connectivity index is 4.75. The fourth-order valence-corrected chi connectivity index (χ4v) is 2.10. The van der Waals surface area contributed by atoms with Crippen LogP contribution in [0.2, 0.25) is 0 Å². The Morgan fingerprint density at radius 1 is 0.700 bits per heavy atom. The predicted molar refractivity (Wildman–Crippen MR) is 86.3 cm³/mol. The lowest BCUT2D eigenvalue weighted by molar-refractivity contribution is 0.0746. The van der Waals surface area contributed by atoms with E-state index in [2.05, 4.69) is 53.4 Å². The Kier molecular flexibility index (Phi) is 7.28. The van der Waals surface area contributed by atoms with E-state index in [1.54, 1.807) is 13.8 Å². The quantitative estimate of drug-likeness (QED) is 0.726. The molecule has 2 N–H and O–H groups in total. The summed E-state index contributed by atoms with van der Waals surface area (Å²) in [6.07, 6.45) is 1.26. The molecule has 0 heterocycles. The fraction of sp³-hybridized carbons (Fsp3) is 0.889. The monoisotopic (exact) mass is 282 g/mol. The Morgan fingerprint density at radius 3 is 1.15 bits per heavy atom. The molecule has 0 aromatic carbocycles. The van der Waals surface area contributed by atoms with Crippen molar-refractivity contribution in [2.45, 2.75) is 79.4 Å². The van der Waals surface area contributed by atoms with Gasteiger partial charge < -0.3 is 10.2 Å². The Hall–Kier alpha value is -0.520. The summed E-state index contributed by atoms with van der Waals surface area (Å²) in [5.74, 6) is 7.61. The van der Waals surface area contributed by atoms with Crippen LogP contribution in [0.3, 0.4) is 0 Å². The summed E-state index contributed by atoms with van der Waals surface area (Å²) in [4.78, 5) is 0. The number of hydrogen-bond acceptors (Lipinski definition) is 2. The average Bonchev–Trinajstić information content (AvgIpc) is 2.25. The molecule has 0 aliphatic carbocycles. The van der Waals surface area contributed by atoms with Crippen LogP contribution in [0.25, 0.3) is 0 Å². The zero-order valence-electron chi connectivity index (χ0n) is 14.6. The minimum Gasteiger partial charge on any atom is -0.378 e. The van der Waals surface area contributed by atoms with E-state index in [1.165, 1.54) is 0 Å². The normalized spacial score (nSPS) is 20.8. The van der Waals surface area contributed by atoms with Crippen molar-refractivity contribution in [2.24, 2.45) is 23.7 Å². The van der Waals surface area contributed by atoms with Gasteiger partial charge in [0.25, 0.3) is 0 Å². The fourth-order valence-electron chi connectivity index (χ4n) is 2.10. The van der Waals surface area contributed by atoms with Crippen LogP contribution in [-0.4, -0.2) is 21.4 Å². The lowest BCUT2D eigenvalue weighted by atomic mass is 9.84. The summed E-state index contributed by atoms with van der Waals surface area (Å²) in [5, 5.41) is 20.7. The molecule has 2 heteroatoms. The maximum absolute atomic E-state index is 10.4. The van der Waals surface area contributed by atoms with Gasteiger partial charge in [-0.3, -0.25) is 0 Å². The maximum Gasteiger partial charge on any atom is 0.123 e. The maximum atomic E-state index is 10.4. The van der Waals surface area contributed by atoms with E-state index < -0.39 is 11.2 Å². The number of hydrogen-bond donors (Lipinski definition) is 2. The van der Waals surface area contributed by atoms with Crippen molar-refractivity contribution in [3.63, 3.8) is 0 Å². The molecule has 4 atom stereocenters. The third kappa shape index (κ3) is 7.92. The first kappa shape index (κ1) is 19.5. The largest absolute Gasteiger partial charge is 0.378 e. The lowest BCUT2D eigenvalue weighted by Crippen LogP contribution is -2.30. The second-order valence-electron chi connectivity index (χ2n) is 7.65. The van der Waals surface area contributed by atoms with E-state index in [1.807, 2.05) is 0 Å². The lowest BCUT2D eigenvalue weighted by Gasteiger charge is -2.26. The molecular formula is C18H34O2. The van der Waals surface area contributed by atoms with Gasteiger partial charge in [-0.15, -0.1) is 0 Å². The second kappa shape index (κ2) is 7.48. The molecule has 2 nitrogen and oxygen atoms in total. The van der Waals surface area contributed by atoms with Gasteiger partial charge in [0.2, 0.25) is 0 Å². The minimum absolute atomic E-state index is 0.402. The van der Waals surface area contributed by atoms with E-state index in [0.29, 0.717) is 36.5 Å². The average molecular weight is 282 g/mol. The van der Waals surface area contributed by atoms with E-state index in [4.69, 9.17) is 0 Å². The van der Waals surface area contributed by atoms with Crippen molar-refractivity contribution in [1.29, 1.82) is 0 Å². The standard InChI is InChI=1S/C18H34O2/c1-13(2)15(5)11-17(7,19)9-10-18(8,20)12-16(6)14(3)4/h13-16,19-20H,11-12H2,1-8H3. The van der Waals surface area contributed by atoms with Gasteiger partial charge in [-0.1, -0.05) is 53.4 Å². The van der Waals surface area contributed by atoms with E-state index in [0.717, 1.165) is 0 Å². The van der Waals surface area contributed by atoms with Crippen molar-refractivity contribution < 1.29 is 10.2 Å². The van der Waals surface area contributed by atoms with E-state index >= 15 is 0 Å². The van der Waals surface area contributed by atoms with Crippen LogP contribution in [-0.2, 0) is 0 Å². The summed E-state index contributed by atoms with van der Waals surface area (Å²) >= 11 is 0. The Morgan fingerprint density at radius 2 is 0.950 bits per heavy atom. The third-order valence-corrected chi connectivity index (χ3v) is 4.32. The van der Waals surface area contributed by atoms with Crippen LogP contribution in [0.5, 0.6) is 0 Å². The minimum atomic E-state index is -1.03. The highest BCUT2D eigenvalue weighted by Crippen LogP contribution is 2.24. The summed E-state index contributed by atoms with van der Waals surface area (Å²) in [6, 6.07) is 0. The summed E-state index contributed by atoms with van der Waals surface area (Å²) in [6.45, 7) is 16.3. The van der Waals surface area contributed by atoms with Gasteiger partial charge >= 0.3 is 0 Å². The van der Waals surface area contributed by atoms with Gasteiger partial charge in [0.1, 0.15) is 11.2 Å². The molecule has 0 bridgehead atoms. The Bertz CT molecular complexity index is 310. The van der Waals surface area contributed by atoms with Crippen LogP contribution < -0.4 is 0 Å². The molecule has 118 valence electrons. The van der Waals surface area contributed by atoms with E-state index in [-0.39, 0.29) is 0 Å². The Labute approximate surface area is 126 Å². The predicted octanol–water partition coefficient (Wildman–Crippen LogP) is 3.86. The number of rotatable bonds is 6. The molecule has 0 aromatic heterocycles. The first-order valence-corrected chi connectivity index (χ1v) is 7.85. The van der Waals surface area contributed by atoms with Crippen molar-refractivity contribution in [3.8, 4) is 11.8 Å². The molecule has 20 heavy (non-hydrogen) atoms. The zero-order chi connectivity index (χ0) is 16.1. The molecule has 0 amide bonds. The van der Waals surface area contributed by atoms with Crippen LogP contribution in [0.1, 0.15) is 68.2 Å². The van der Waals surface area contributed by atoms with Crippen molar-refractivity contribution >= 4 is 0 Å². The van der Waals surface area contributed by atoms with Gasteiger partial charge in [0, 0.05) is 0 Å². The molecule has 0 aliphatic heterocycles. The smallest absolute Gasteiger partial charge is 0.123 e. The first-order valence-electron chi connectivity index (χ1n) is 7.85. The van der Waals surface area contributed by atoms with Crippen LogP contribution in [0, 0.1) is 35.5 Å². The van der Waals surface area contributed by atoms with Gasteiger partial charge in [-0.25, -0.2) is 0 Å². The van der Waals surface area contributed by atoms with Gasteiger partial charge in [-0.05, 0) is 50.4 Å². The van der Waals surface area contributed by atoms with Crippen LogP contribution in [0.15, 0.2) is 0 Å². The second-order valence-corrected chi connectivity index (χ2v) is 7.65. The molecule has 4 unspecified atom stereocenters. The van der Waals surface area contributed by atoms with Crippen LogP contribution >= 0.6 is 0 Å². The summed E-state index contributed by atoms with van der Waals surface area (Å²) in [7, 11) is 0. The molecule has 0 radical (unpaired) electrons. The third-order valence-electron chi connectivity index (χ3n) is 4.32. The molecule has 0 aromatic rings. The van der Waals surface area contributed by atoms with E-state index in [9.17, 15) is 10.2 Å². The molecule has 0 fully saturated rings. The summed E-state index contributed by atoms with van der Waals surface area (Å²) in [5.41, 5.74) is -2.07. The highest BCUT2D eigenvalue weighted by atomic mass is 16.3. The molecule has 0 aliphatic rings. The highest BCUT2D eigenvalue weighted by Gasteiger charge is 2.26. The van der Waals surface area contributed by atoms with Gasteiger partial charge in [0.15, 0.2) is 0 Å². The zero-order valence-corrected chi connectivity index (χ0v) is 14.6. The van der Waals surface area contributed by atoms with Gasteiger partial charge in [0.05, 0.1) is 0 Å². The SMILES string of the molecule is CC(C)C(C)CC(C)(O)C#CC(C)(O)CC(C)C(C)C. The van der Waals surface area contributed by atoms with Crippen molar-refractivity contribution in [1.82, 2.24) is 0 Å². The molecule has 0 saturated carbocycles. The first-order chi connectivity index (χ1) is 8.86. The topological polar surface area (TPSA) is 40.5 Å². The van der Waals surface area contributed by atoms with Crippen molar-refractivity contribution in [2.75, 3.05) is 0 Å². The van der Waals surface area contributed by atoms with Crippen LogP contribution in [0.4, 0.5) is 0 Å². The molecule has 0 saturated heterocycles. The number of aliphatic hydroxyl groups is 2. The van der Waals surface area contributed by atoms with Gasteiger partial charge in [-0.2, -0.15) is 0 Å². The van der Waals surface area contributed by atoms with Crippen molar-refractivity contribution in [3.05, 3.63) is 0 Å². The molecular weight excluding hydrogens is 248 g/mol. The highest BCUT2D eigenvalue weighted by molar-refractivity contribution is 5.19. The molecule has 0 rings (SSSR count). The summed E-state index contributed by atoms with van der Waals surface area (Å²) < 4.78 is 0. The molecule has 0 spiro atoms.